The second-order valence-electron chi connectivity index (χ2n) is 6.56. The average Bonchev–Trinajstić information content (AvgIpc) is 2.95. The highest BCUT2D eigenvalue weighted by Gasteiger charge is 2.33. The first kappa shape index (κ1) is 18.7. The van der Waals surface area contributed by atoms with E-state index in [-0.39, 0.29) is 17.0 Å². The lowest BCUT2D eigenvalue weighted by Crippen LogP contribution is -2.42. The molecule has 1 aromatic heterocycles. The Morgan fingerprint density at radius 1 is 1.29 bits per heavy atom. The van der Waals surface area contributed by atoms with Gasteiger partial charge in [-0.25, -0.2) is 18.2 Å². The van der Waals surface area contributed by atoms with E-state index in [0.29, 0.717) is 18.8 Å². The number of carboxylic acids is 1. The van der Waals surface area contributed by atoms with E-state index < -0.39 is 22.0 Å². The van der Waals surface area contributed by atoms with Gasteiger partial charge in [-0.1, -0.05) is 0 Å². The number of aliphatic carboxylic acids is 1. The van der Waals surface area contributed by atoms with E-state index in [1.807, 2.05) is 27.7 Å². The average molecular weight is 355 g/mol. The summed E-state index contributed by atoms with van der Waals surface area (Å²) in [6.45, 7) is 7.95. The topological polar surface area (TPSA) is 90.8 Å². The van der Waals surface area contributed by atoms with Gasteiger partial charge in [0.15, 0.2) is 0 Å². The van der Waals surface area contributed by atoms with Gasteiger partial charge < -0.3 is 10.0 Å². The van der Waals surface area contributed by atoms with Gasteiger partial charge in [0.2, 0.25) is 10.0 Å². The molecule has 0 bridgehead atoms. The Bertz CT molecular complexity index is 678. The molecule has 1 aromatic rings. The molecule has 24 heavy (non-hydrogen) atoms. The minimum absolute atomic E-state index is 0.125. The van der Waals surface area contributed by atoms with Crippen LogP contribution >= 0.6 is 0 Å². The van der Waals surface area contributed by atoms with Crippen molar-refractivity contribution < 1.29 is 18.3 Å². The lowest BCUT2D eigenvalue weighted by molar-refractivity contribution is -0.138. The second-order valence-corrected chi connectivity index (χ2v) is 8.41. The summed E-state index contributed by atoms with van der Waals surface area (Å²) in [5.74, 6) is -0.378. The van der Waals surface area contributed by atoms with Gasteiger partial charge in [-0.15, -0.1) is 0 Å². The maximum Gasteiger partial charge on any atom is 0.326 e. The van der Waals surface area contributed by atoms with E-state index in [1.165, 1.54) is 16.6 Å². The molecule has 0 unspecified atom stereocenters. The summed E-state index contributed by atoms with van der Waals surface area (Å²) < 4.78 is 27.0. The smallest absolute Gasteiger partial charge is 0.326 e. The zero-order valence-electron chi connectivity index (χ0n) is 14.5. The van der Waals surface area contributed by atoms with Gasteiger partial charge in [0, 0.05) is 24.8 Å². The molecule has 0 aromatic carbocycles. The molecule has 0 radical (unpaired) electrons. The molecule has 1 fully saturated rings. The summed E-state index contributed by atoms with van der Waals surface area (Å²) in [6.07, 6.45) is 2.68. The number of pyridine rings is 1. The minimum atomic E-state index is -3.63. The second kappa shape index (κ2) is 7.06. The number of hydrogen-bond donors (Lipinski definition) is 1. The van der Waals surface area contributed by atoms with Crippen LogP contribution in [0.2, 0.25) is 0 Å². The van der Waals surface area contributed by atoms with E-state index in [4.69, 9.17) is 0 Å². The monoisotopic (exact) mass is 355 g/mol. The first-order valence-electron chi connectivity index (χ1n) is 8.15. The van der Waals surface area contributed by atoms with E-state index in [2.05, 4.69) is 4.98 Å². The highest BCUT2D eigenvalue weighted by molar-refractivity contribution is 7.89. The van der Waals surface area contributed by atoms with Crippen molar-refractivity contribution in [3.8, 4) is 0 Å². The van der Waals surface area contributed by atoms with Crippen molar-refractivity contribution in [1.29, 1.82) is 0 Å². The van der Waals surface area contributed by atoms with E-state index in [9.17, 15) is 18.3 Å². The van der Waals surface area contributed by atoms with Gasteiger partial charge in [0.05, 0.1) is 0 Å². The number of carboxylic acid groups (broad SMARTS) is 1. The van der Waals surface area contributed by atoms with Gasteiger partial charge in [0.1, 0.15) is 16.8 Å². The van der Waals surface area contributed by atoms with Gasteiger partial charge in [0.25, 0.3) is 0 Å². The molecule has 1 N–H and O–H groups in total. The first-order valence-corrected chi connectivity index (χ1v) is 9.59. The van der Waals surface area contributed by atoms with Crippen LogP contribution in [0.1, 0.15) is 40.5 Å². The molecule has 0 aliphatic carbocycles. The highest BCUT2D eigenvalue weighted by Crippen LogP contribution is 2.26. The normalized spacial score (nSPS) is 18.8. The van der Waals surface area contributed by atoms with E-state index >= 15 is 0 Å². The molecular weight excluding hydrogens is 330 g/mol. The number of sulfonamides is 1. The fraction of sp³-hybridized carbons (Fsp3) is 0.625. The third kappa shape index (κ3) is 3.54. The molecule has 8 heteroatoms. The van der Waals surface area contributed by atoms with Crippen LogP contribution in [0.25, 0.3) is 0 Å². The van der Waals surface area contributed by atoms with Crippen LogP contribution in [-0.4, -0.2) is 53.5 Å². The van der Waals surface area contributed by atoms with Crippen molar-refractivity contribution in [3.05, 3.63) is 18.3 Å². The van der Waals surface area contributed by atoms with Crippen LogP contribution in [0.3, 0.4) is 0 Å². The zero-order chi connectivity index (χ0) is 18.1. The van der Waals surface area contributed by atoms with Crippen LogP contribution in [0, 0.1) is 0 Å². The van der Waals surface area contributed by atoms with Gasteiger partial charge >= 0.3 is 5.97 Å². The highest BCUT2D eigenvalue weighted by atomic mass is 32.2. The van der Waals surface area contributed by atoms with E-state index in [0.717, 1.165) is 6.42 Å². The maximum absolute atomic E-state index is 12.8. The Morgan fingerprint density at radius 2 is 1.92 bits per heavy atom. The van der Waals surface area contributed by atoms with Crippen LogP contribution in [-0.2, 0) is 14.8 Å². The number of nitrogens with zero attached hydrogens (tertiary/aromatic N) is 3. The third-order valence-corrected chi connectivity index (χ3v) is 6.38. The molecule has 0 amide bonds. The molecule has 1 aliphatic rings. The number of hydrogen-bond acceptors (Lipinski definition) is 5. The Balaban J connectivity index is 2.30. The van der Waals surface area contributed by atoms with Crippen molar-refractivity contribution in [2.45, 2.75) is 63.6 Å². The maximum atomic E-state index is 12.8. The minimum Gasteiger partial charge on any atom is -0.480 e. The van der Waals surface area contributed by atoms with Crippen LogP contribution in [0.5, 0.6) is 0 Å². The molecular formula is C16H25N3O4S. The standard InChI is InChI=1S/C16H25N3O4S/c1-11(2)19(12(3)4)24(22,23)13-7-8-15(17-10-13)18-9-5-6-14(18)16(20)21/h7-8,10-12,14H,5-6,9H2,1-4H3,(H,20,21)/t14-/m1/s1. The summed E-state index contributed by atoms with van der Waals surface area (Å²) in [4.78, 5) is 17.3. The van der Waals surface area contributed by atoms with Crippen molar-refractivity contribution in [2.24, 2.45) is 0 Å². The fourth-order valence-corrected chi connectivity index (χ4v) is 5.05. The molecule has 1 aliphatic heterocycles. The molecule has 1 atom stereocenters. The number of aromatic nitrogens is 1. The van der Waals surface area contributed by atoms with E-state index in [1.54, 1.807) is 11.0 Å². The van der Waals surface area contributed by atoms with Crippen LogP contribution in [0.15, 0.2) is 23.2 Å². The van der Waals surface area contributed by atoms with Crippen LogP contribution < -0.4 is 4.90 Å². The predicted molar refractivity (Wildman–Crippen MR) is 91.5 cm³/mol. The van der Waals surface area contributed by atoms with Crippen molar-refractivity contribution in [2.75, 3.05) is 11.4 Å². The summed E-state index contributed by atoms with van der Waals surface area (Å²) >= 11 is 0. The van der Waals surface area contributed by atoms with Gasteiger partial charge in [-0.05, 0) is 52.7 Å². The number of anilines is 1. The number of rotatable bonds is 6. The van der Waals surface area contributed by atoms with Crippen LogP contribution in [0.4, 0.5) is 5.82 Å². The molecule has 7 nitrogen and oxygen atoms in total. The summed E-state index contributed by atoms with van der Waals surface area (Å²) in [5, 5.41) is 9.25. The Labute approximate surface area is 143 Å². The summed E-state index contributed by atoms with van der Waals surface area (Å²) in [6, 6.07) is 2.18. The third-order valence-electron chi connectivity index (χ3n) is 4.15. The zero-order valence-corrected chi connectivity index (χ0v) is 15.3. The number of carbonyl (C=O) groups is 1. The summed E-state index contributed by atoms with van der Waals surface area (Å²) in [5.41, 5.74) is 0. The molecule has 2 heterocycles. The first-order chi connectivity index (χ1) is 11.2. The summed E-state index contributed by atoms with van der Waals surface area (Å²) in [7, 11) is -3.63. The molecule has 0 saturated carbocycles. The Morgan fingerprint density at radius 3 is 2.38 bits per heavy atom. The van der Waals surface area contributed by atoms with Gasteiger partial charge in [-0.3, -0.25) is 0 Å². The Hall–Kier alpha value is -1.67. The molecule has 1 saturated heterocycles. The van der Waals surface area contributed by atoms with Crippen molar-refractivity contribution in [3.63, 3.8) is 0 Å². The van der Waals surface area contributed by atoms with Gasteiger partial charge in [-0.2, -0.15) is 4.31 Å². The van der Waals surface area contributed by atoms with Crippen molar-refractivity contribution in [1.82, 2.24) is 9.29 Å². The molecule has 134 valence electrons. The lowest BCUT2D eigenvalue weighted by atomic mass is 10.2. The quantitative estimate of drug-likeness (QED) is 0.839. The van der Waals surface area contributed by atoms with Crippen molar-refractivity contribution >= 4 is 21.8 Å². The Kier molecular flexibility index (Phi) is 5.49. The SMILES string of the molecule is CC(C)N(C(C)C)S(=O)(=O)c1ccc(N2CCC[C@@H]2C(=O)O)nc1. The fourth-order valence-electron chi connectivity index (χ4n) is 3.27. The molecule has 2 rings (SSSR count). The predicted octanol–water partition coefficient (Wildman–Crippen LogP) is 1.94. The largest absolute Gasteiger partial charge is 0.480 e. The lowest BCUT2D eigenvalue weighted by Gasteiger charge is -2.29. The molecule has 0 spiro atoms.